The Hall–Kier alpha value is -2.36. The number of carbonyl (C=O) groups is 2. The molecule has 0 bridgehead atoms. The van der Waals surface area contributed by atoms with Crippen LogP contribution in [0.3, 0.4) is 0 Å². The lowest BCUT2D eigenvalue weighted by atomic mass is 10.1. The first-order valence-corrected chi connectivity index (χ1v) is 5.58. The van der Waals surface area contributed by atoms with Crippen molar-refractivity contribution >= 4 is 12.2 Å². The van der Waals surface area contributed by atoms with E-state index in [1.54, 1.807) is 24.3 Å². The average Bonchev–Trinajstić information content (AvgIpc) is 2.85. The summed E-state index contributed by atoms with van der Waals surface area (Å²) in [5.41, 5.74) is 1.45. The lowest BCUT2D eigenvalue weighted by Gasteiger charge is -1.99. The number of carbonyl (C=O) groups excluding carboxylic acids is 2. The maximum atomic E-state index is 10.8. The highest BCUT2D eigenvalue weighted by molar-refractivity contribution is 5.78. The Balaban J connectivity index is 2.18. The van der Waals surface area contributed by atoms with Gasteiger partial charge in [-0.1, -0.05) is 18.2 Å². The van der Waals surface area contributed by atoms with Crippen LogP contribution in [0.2, 0.25) is 0 Å². The molecule has 92 valence electrons. The van der Waals surface area contributed by atoms with Crippen LogP contribution in [0.5, 0.6) is 0 Å². The molecule has 0 aliphatic heterocycles. The van der Waals surface area contributed by atoms with Gasteiger partial charge in [0.15, 0.2) is 0 Å². The van der Waals surface area contributed by atoms with Crippen molar-refractivity contribution in [2.24, 2.45) is 0 Å². The summed E-state index contributed by atoms with van der Waals surface area (Å²) >= 11 is 0. The topological polar surface area (TPSA) is 59.3 Å². The van der Waals surface area contributed by atoms with Gasteiger partial charge in [-0.05, 0) is 18.2 Å². The number of benzene rings is 1. The minimum Gasteiger partial charge on any atom is -0.459 e. The summed E-state index contributed by atoms with van der Waals surface area (Å²) in [6, 6.07) is 10.8. The van der Waals surface area contributed by atoms with Gasteiger partial charge in [0.2, 0.25) is 5.91 Å². The minimum atomic E-state index is -0.101. The van der Waals surface area contributed by atoms with Crippen LogP contribution in [-0.4, -0.2) is 12.2 Å². The zero-order chi connectivity index (χ0) is 13.0. The number of furan rings is 1. The molecule has 0 radical (unpaired) electrons. The van der Waals surface area contributed by atoms with E-state index in [0.29, 0.717) is 23.6 Å². The van der Waals surface area contributed by atoms with Crippen LogP contribution in [-0.2, 0) is 11.3 Å². The number of rotatable bonds is 4. The third kappa shape index (κ3) is 2.85. The van der Waals surface area contributed by atoms with Gasteiger partial charge in [0.1, 0.15) is 17.8 Å². The fraction of sp³-hybridized carbons (Fsp3) is 0.143. The zero-order valence-electron chi connectivity index (χ0n) is 9.97. The predicted molar refractivity (Wildman–Crippen MR) is 67.1 cm³/mol. The van der Waals surface area contributed by atoms with Crippen molar-refractivity contribution in [2.75, 3.05) is 0 Å². The summed E-state index contributed by atoms with van der Waals surface area (Å²) in [6.45, 7) is 1.82. The number of hydrogen-bond donors (Lipinski definition) is 1. The van der Waals surface area contributed by atoms with Crippen LogP contribution < -0.4 is 5.32 Å². The van der Waals surface area contributed by atoms with E-state index in [1.165, 1.54) is 6.92 Å². The van der Waals surface area contributed by atoms with E-state index >= 15 is 0 Å². The summed E-state index contributed by atoms with van der Waals surface area (Å²) in [4.78, 5) is 21.5. The third-order valence-corrected chi connectivity index (χ3v) is 2.48. The predicted octanol–water partition coefficient (Wildman–Crippen LogP) is 2.40. The molecule has 1 aromatic carbocycles. The maximum absolute atomic E-state index is 10.8. The number of hydrogen-bond acceptors (Lipinski definition) is 3. The Morgan fingerprint density at radius 1 is 1.33 bits per heavy atom. The van der Waals surface area contributed by atoms with Gasteiger partial charge < -0.3 is 9.73 Å². The molecule has 0 aliphatic carbocycles. The molecule has 0 saturated carbocycles. The highest BCUT2D eigenvalue weighted by Crippen LogP contribution is 2.22. The normalized spacial score (nSPS) is 10.1. The number of aldehydes is 1. The Morgan fingerprint density at radius 2 is 2.17 bits per heavy atom. The SMILES string of the molecule is CC(=O)NCc1ccc(-c2cccc(C=O)c2)o1. The molecule has 0 aliphatic rings. The summed E-state index contributed by atoms with van der Waals surface area (Å²) < 4.78 is 5.59. The maximum Gasteiger partial charge on any atom is 0.217 e. The molecule has 4 nitrogen and oxygen atoms in total. The molecule has 18 heavy (non-hydrogen) atoms. The zero-order valence-corrected chi connectivity index (χ0v) is 9.97. The summed E-state index contributed by atoms with van der Waals surface area (Å²) in [6.07, 6.45) is 0.796. The van der Waals surface area contributed by atoms with E-state index in [1.807, 2.05) is 12.1 Å². The van der Waals surface area contributed by atoms with Gasteiger partial charge in [-0.3, -0.25) is 9.59 Å². The van der Waals surface area contributed by atoms with E-state index in [4.69, 9.17) is 4.42 Å². The molecule has 0 unspecified atom stereocenters. The van der Waals surface area contributed by atoms with Gasteiger partial charge in [-0.2, -0.15) is 0 Å². The first-order chi connectivity index (χ1) is 8.69. The second-order valence-electron chi connectivity index (χ2n) is 3.92. The lowest BCUT2D eigenvalue weighted by Crippen LogP contribution is -2.18. The van der Waals surface area contributed by atoms with Crippen molar-refractivity contribution in [3.05, 3.63) is 47.7 Å². The molecule has 2 rings (SSSR count). The number of amides is 1. The Morgan fingerprint density at radius 3 is 2.89 bits per heavy atom. The van der Waals surface area contributed by atoms with Crippen LogP contribution in [0.25, 0.3) is 11.3 Å². The first-order valence-electron chi connectivity index (χ1n) is 5.58. The fourth-order valence-electron chi connectivity index (χ4n) is 1.60. The monoisotopic (exact) mass is 243 g/mol. The van der Waals surface area contributed by atoms with Crippen molar-refractivity contribution in [3.63, 3.8) is 0 Å². The molecule has 0 atom stereocenters. The molecule has 0 saturated heterocycles. The van der Waals surface area contributed by atoms with Crippen LogP contribution >= 0.6 is 0 Å². The summed E-state index contributed by atoms with van der Waals surface area (Å²) in [5, 5.41) is 2.66. The van der Waals surface area contributed by atoms with Crippen LogP contribution in [0.1, 0.15) is 23.0 Å². The molecular formula is C14H13NO3. The van der Waals surface area contributed by atoms with Gasteiger partial charge in [-0.15, -0.1) is 0 Å². The molecule has 0 fully saturated rings. The third-order valence-electron chi connectivity index (χ3n) is 2.48. The molecular weight excluding hydrogens is 230 g/mol. The standard InChI is InChI=1S/C14H13NO3/c1-10(17)15-8-13-5-6-14(18-13)12-4-2-3-11(7-12)9-16/h2-7,9H,8H2,1H3,(H,15,17). The van der Waals surface area contributed by atoms with Gasteiger partial charge in [0, 0.05) is 18.1 Å². The first kappa shape index (κ1) is 12.1. The van der Waals surface area contributed by atoms with Crippen molar-refractivity contribution in [1.82, 2.24) is 5.32 Å². The van der Waals surface area contributed by atoms with E-state index in [9.17, 15) is 9.59 Å². The second kappa shape index (κ2) is 5.31. The Bertz CT molecular complexity index is 572. The molecule has 1 amide bonds. The molecule has 2 aromatic rings. The van der Waals surface area contributed by atoms with Gasteiger partial charge in [0.05, 0.1) is 6.54 Å². The average molecular weight is 243 g/mol. The van der Waals surface area contributed by atoms with Gasteiger partial charge in [-0.25, -0.2) is 0 Å². The molecule has 4 heteroatoms. The quantitative estimate of drug-likeness (QED) is 0.839. The molecule has 1 aromatic heterocycles. The fourth-order valence-corrected chi connectivity index (χ4v) is 1.60. The van der Waals surface area contributed by atoms with Crippen LogP contribution in [0.4, 0.5) is 0 Å². The van der Waals surface area contributed by atoms with Gasteiger partial charge >= 0.3 is 0 Å². The van der Waals surface area contributed by atoms with Crippen molar-refractivity contribution in [2.45, 2.75) is 13.5 Å². The van der Waals surface area contributed by atoms with Crippen molar-refractivity contribution in [1.29, 1.82) is 0 Å². The Kier molecular flexibility index (Phi) is 3.57. The smallest absolute Gasteiger partial charge is 0.217 e. The van der Waals surface area contributed by atoms with Gasteiger partial charge in [0.25, 0.3) is 0 Å². The minimum absolute atomic E-state index is 0.101. The highest BCUT2D eigenvalue weighted by atomic mass is 16.3. The molecule has 1 N–H and O–H groups in total. The highest BCUT2D eigenvalue weighted by Gasteiger charge is 2.05. The largest absolute Gasteiger partial charge is 0.459 e. The van der Waals surface area contributed by atoms with E-state index in [-0.39, 0.29) is 5.91 Å². The van der Waals surface area contributed by atoms with Crippen LogP contribution in [0.15, 0.2) is 40.8 Å². The van der Waals surface area contributed by atoms with E-state index in [2.05, 4.69) is 5.32 Å². The van der Waals surface area contributed by atoms with Crippen LogP contribution in [0, 0.1) is 0 Å². The van der Waals surface area contributed by atoms with Crippen molar-refractivity contribution in [3.8, 4) is 11.3 Å². The Labute approximate surface area is 105 Å². The van der Waals surface area contributed by atoms with E-state index < -0.39 is 0 Å². The van der Waals surface area contributed by atoms with Crippen molar-refractivity contribution < 1.29 is 14.0 Å². The summed E-state index contributed by atoms with van der Waals surface area (Å²) in [5.74, 6) is 1.26. The second-order valence-corrected chi connectivity index (χ2v) is 3.92. The molecule has 1 heterocycles. The van der Waals surface area contributed by atoms with E-state index in [0.717, 1.165) is 11.8 Å². The number of nitrogens with one attached hydrogen (secondary N) is 1. The summed E-state index contributed by atoms with van der Waals surface area (Å²) in [7, 11) is 0. The molecule has 0 spiro atoms. The lowest BCUT2D eigenvalue weighted by molar-refractivity contribution is -0.119.